The molecule has 1 heterocycles. The van der Waals surface area contributed by atoms with Gasteiger partial charge in [0, 0.05) is 18.7 Å². The number of hydrogen-bond donors (Lipinski definition) is 0. The predicted octanol–water partition coefficient (Wildman–Crippen LogP) is 3.10. The van der Waals surface area contributed by atoms with Crippen molar-refractivity contribution in [2.24, 2.45) is 5.92 Å². The average molecular weight is 432 g/mol. The number of methoxy groups -OCH3 is 1. The van der Waals surface area contributed by atoms with Gasteiger partial charge in [0.1, 0.15) is 10.6 Å². The highest BCUT2D eigenvalue weighted by molar-refractivity contribution is 7.87. The van der Waals surface area contributed by atoms with Gasteiger partial charge in [0.2, 0.25) is 0 Å². The largest absolute Gasteiger partial charge is 0.469 e. The van der Waals surface area contributed by atoms with Crippen LogP contribution in [0.25, 0.3) is 0 Å². The number of piperidine rings is 1. The molecule has 30 heavy (non-hydrogen) atoms. The minimum atomic E-state index is -3.98. The number of carbonyl (C=O) groups excluding carboxylic acids is 2. The summed E-state index contributed by atoms with van der Waals surface area (Å²) in [6.45, 7) is 4.46. The first-order chi connectivity index (χ1) is 14.2. The Balaban J connectivity index is 1.67. The third-order valence-corrected chi connectivity index (χ3v) is 6.63. The second-order valence-corrected chi connectivity index (χ2v) is 8.94. The average Bonchev–Trinajstić information content (AvgIpc) is 2.74. The predicted molar refractivity (Wildman–Crippen MR) is 111 cm³/mol. The van der Waals surface area contributed by atoms with Crippen molar-refractivity contribution in [3.05, 3.63) is 59.2 Å². The molecule has 0 saturated carbocycles. The zero-order chi connectivity index (χ0) is 21.9. The Hall–Kier alpha value is -2.87. The second kappa shape index (κ2) is 8.87. The molecule has 1 fully saturated rings. The van der Waals surface area contributed by atoms with Crippen molar-refractivity contribution >= 4 is 22.0 Å². The zero-order valence-electron chi connectivity index (χ0n) is 17.3. The Morgan fingerprint density at radius 1 is 1.00 bits per heavy atom. The van der Waals surface area contributed by atoms with Gasteiger partial charge in [-0.05, 0) is 68.1 Å². The van der Waals surface area contributed by atoms with E-state index < -0.39 is 10.1 Å². The summed E-state index contributed by atoms with van der Waals surface area (Å²) >= 11 is 0. The number of nitrogens with zero attached hydrogens (tertiary/aromatic N) is 1. The Bertz CT molecular complexity index is 1040. The molecule has 0 spiro atoms. The molecule has 1 aliphatic heterocycles. The highest BCUT2D eigenvalue weighted by Crippen LogP contribution is 2.24. The summed E-state index contributed by atoms with van der Waals surface area (Å²) in [6.07, 6.45) is 1.13. The van der Waals surface area contributed by atoms with Crippen molar-refractivity contribution in [1.82, 2.24) is 4.90 Å². The van der Waals surface area contributed by atoms with Crippen LogP contribution in [0.1, 0.15) is 34.3 Å². The van der Waals surface area contributed by atoms with Crippen LogP contribution in [0.3, 0.4) is 0 Å². The smallest absolute Gasteiger partial charge is 0.339 e. The normalized spacial score (nSPS) is 15.0. The van der Waals surface area contributed by atoms with E-state index in [2.05, 4.69) is 0 Å². The molecule has 0 radical (unpaired) electrons. The van der Waals surface area contributed by atoms with E-state index in [0.29, 0.717) is 37.1 Å². The summed E-state index contributed by atoms with van der Waals surface area (Å²) in [7, 11) is -2.61. The van der Waals surface area contributed by atoms with Gasteiger partial charge in [0.15, 0.2) is 0 Å². The molecule has 8 heteroatoms. The number of amides is 1. The Kier molecular flexibility index (Phi) is 6.45. The summed E-state index contributed by atoms with van der Waals surface area (Å²) in [5, 5.41) is 0. The van der Waals surface area contributed by atoms with Gasteiger partial charge >= 0.3 is 16.1 Å². The molecule has 0 atom stereocenters. The second-order valence-electron chi connectivity index (χ2n) is 7.42. The summed E-state index contributed by atoms with van der Waals surface area (Å²) in [4.78, 5) is 26.1. The molecule has 0 N–H and O–H groups in total. The van der Waals surface area contributed by atoms with Crippen molar-refractivity contribution in [3.63, 3.8) is 0 Å². The fourth-order valence-corrected chi connectivity index (χ4v) is 4.72. The molecule has 0 aliphatic carbocycles. The van der Waals surface area contributed by atoms with Crippen LogP contribution in [-0.4, -0.2) is 45.4 Å². The van der Waals surface area contributed by atoms with Crippen LogP contribution in [0.2, 0.25) is 0 Å². The molecular formula is C22H25NO6S. The van der Waals surface area contributed by atoms with Gasteiger partial charge < -0.3 is 13.8 Å². The van der Waals surface area contributed by atoms with E-state index in [1.54, 1.807) is 36.1 Å². The number of benzene rings is 2. The summed E-state index contributed by atoms with van der Waals surface area (Å²) in [5.41, 5.74) is 1.85. The summed E-state index contributed by atoms with van der Waals surface area (Å²) in [5.74, 6) is -0.446. The molecule has 2 aromatic carbocycles. The van der Waals surface area contributed by atoms with Gasteiger partial charge in [-0.15, -0.1) is 0 Å². The highest BCUT2D eigenvalue weighted by atomic mass is 32.2. The maximum Gasteiger partial charge on any atom is 0.339 e. The number of likely N-dealkylation sites (tertiary alicyclic amines) is 1. The van der Waals surface area contributed by atoms with Gasteiger partial charge in [-0.1, -0.05) is 12.1 Å². The lowest BCUT2D eigenvalue weighted by Gasteiger charge is -2.30. The van der Waals surface area contributed by atoms with Crippen LogP contribution in [0.5, 0.6) is 5.75 Å². The molecule has 0 unspecified atom stereocenters. The SMILES string of the molecule is COC(=O)C1CCN(C(=O)c2ccc(OS(=O)(=O)c3cc(C)ccc3C)cc2)CC1. The first kappa shape index (κ1) is 21.8. The van der Waals surface area contributed by atoms with Crippen LogP contribution >= 0.6 is 0 Å². The molecule has 1 aliphatic rings. The summed E-state index contributed by atoms with van der Waals surface area (Å²) in [6, 6.07) is 11.2. The third-order valence-electron chi connectivity index (χ3n) is 5.24. The Morgan fingerprint density at radius 2 is 1.63 bits per heavy atom. The number of carbonyl (C=O) groups is 2. The van der Waals surface area contributed by atoms with Crippen LogP contribution in [0, 0.1) is 19.8 Å². The minimum Gasteiger partial charge on any atom is -0.469 e. The van der Waals surface area contributed by atoms with Crippen LogP contribution in [-0.2, 0) is 19.6 Å². The maximum absolute atomic E-state index is 12.7. The van der Waals surface area contributed by atoms with Crippen LogP contribution in [0.4, 0.5) is 0 Å². The van der Waals surface area contributed by atoms with Gasteiger partial charge in [-0.3, -0.25) is 9.59 Å². The van der Waals surface area contributed by atoms with E-state index in [1.165, 1.54) is 19.2 Å². The van der Waals surface area contributed by atoms with Crippen molar-refractivity contribution in [2.75, 3.05) is 20.2 Å². The zero-order valence-corrected chi connectivity index (χ0v) is 18.1. The topological polar surface area (TPSA) is 90.0 Å². The van der Waals surface area contributed by atoms with Crippen molar-refractivity contribution < 1.29 is 26.9 Å². The van der Waals surface area contributed by atoms with E-state index in [-0.39, 0.29) is 28.4 Å². The maximum atomic E-state index is 12.7. The lowest BCUT2D eigenvalue weighted by molar-refractivity contribution is -0.146. The van der Waals surface area contributed by atoms with E-state index in [4.69, 9.17) is 8.92 Å². The Labute approximate surface area is 176 Å². The molecule has 0 aromatic heterocycles. The molecule has 3 rings (SSSR count). The number of esters is 1. The lowest BCUT2D eigenvalue weighted by atomic mass is 9.96. The number of ether oxygens (including phenoxy) is 1. The molecule has 7 nitrogen and oxygen atoms in total. The van der Waals surface area contributed by atoms with Gasteiger partial charge in [-0.25, -0.2) is 0 Å². The first-order valence-corrected chi connectivity index (χ1v) is 11.1. The van der Waals surface area contributed by atoms with Crippen LogP contribution < -0.4 is 4.18 Å². The number of hydrogen-bond acceptors (Lipinski definition) is 6. The van der Waals surface area contributed by atoms with Crippen molar-refractivity contribution in [1.29, 1.82) is 0 Å². The lowest BCUT2D eigenvalue weighted by Crippen LogP contribution is -2.40. The molecule has 1 saturated heterocycles. The van der Waals surface area contributed by atoms with E-state index >= 15 is 0 Å². The van der Waals surface area contributed by atoms with Gasteiger partial charge in [-0.2, -0.15) is 8.42 Å². The van der Waals surface area contributed by atoms with Crippen LogP contribution in [0.15, 0.2) is 47.4 Å². The molecule has 0 bridgehead atoms. The monoisotopic (exact) mass is 431 g/mol. The Morgan fingerprint density at radius 3 is 2.23 bits per heavy atom. The van der Waals surface area contributed by atoms with Crippen molar-refractivity contribution in [2.45, 2.75) is 31.6 Å². The quantitative estimate of drug-likeness (QED) is 0.534. The van der Waals surface area contributed by atoms with E-state index in [0.717, 1.165) is 5.56 Å². The van der Waals surface area contributed by atoms with Gasteiger partial charge in [0.05, 0.1) is 13.0 Å². The standard InChI is InChI=1S/C22H25NO6S/c1-15-4-5-16(2)20(14-15)30(26,27)29-19-8-6-17(7-9-19)21(24)23-12-10-18(11-13-23)22(25)28-3/h4-9,14,18H,10-13H2,1-3H3. The minimum absolute atomic E-state index is 0.121. The van der Waals surface area contributed by atoms with E-state index in [1.807, 2.05) is 13.0 Å². The van der Waals surface area contributed by atoms with Crippen molar-refractivity contribution in [3.8, 4) is 5.75 Å². The van der Waals surface area contributed by atoms with E-state index in [9.17, 15) is 18.0 Å². The molecule has 1 amide bonds. The number of aryl methyl sites for hydroxylation is 2. The molecule has 2 aromatic rings. The first-order valence-electron chi connectivity index (χ1n) is 9.70. The third kappa shape index (κ3) is 4.81. The fourth-order valence-electron chi connectivity index (χ4n) is 3.47. The summed E-state index contributed by atoms with van der Waals surface area (Å²) < 4.78 is 35.2. The van der Waals surface area contributed by atoms with Gasteiger partial charge in [0.25, 0.3) is 5.91 Å². The number of rotatable bonds is 5. The molecular weight excluding hydrogens is 406 g/mol. The molecule has 160 valence electrons. The highest BCUT2D eigenvalue weighted by Gasteiger charge is 2.28. The fraction of sp³-hybridized carbons (Fsp3) is 0.364.